The monoisotopic (exact) mass is 511 g/mol. The fourth-order valence-corrected chi connectivity index (χ4v) is 4.29. The maximum absolute atomic E-state index is 14.4. The molecule has 9 nitrogen and oxygen atoms in total. The van der Waals surface area contributed by atoms with Gasteiger partial charge in [-0.25, -0.2) is 4.39 Å². The Morgan fingerprint density at radius 2 is 1.89 bits per heavy atom. The standard InChI is InChI=1S/C25H27ClFN7O2/c26-19-10-22(33-18-2-1-3-18)34(36)21(24(19)15-6-16(28)9-17(29)7-15)11-23(35)32-12-14-5-4-13(25(30)31)8-20(14)27/h4-10,18,36H,1-3,11-12,28-29H2,(H3,30,31)(H,32,35). The molecule has 188 valence electrons. The maximum atomic E-state index is 14.4. The van der Waals surface area contributed by atoms with Gasteiger partial charge in [0.05, 0.1) is 23.2 Å². The number of benzene rings is 2. The fraction of sp³-hybridized carbons (Fsp3) is 0.240. The first-order valence-electron chi connectivity index (χ1n) is 11.4. The zero-order valence-electron chi connectivity index (χ0n) is 19.4. The highest BCUT2D eigenvalue weighted by Crippen LogP contribution is 2.33. The second kappa shape index (κ2) is 10.3. The summed E-state index contributed by atoms with van der Waals surface area (Å²) < 4.78 is 15.2. The topological polar surface area (TPSA) is 169 Å². The summed E-state index contributed by atoms with van der Waals surface area (Å²) in [6, 6.07) is 10.6. The smallest absolute Gasteiger partial charge is 0.226 e. The molecule has 0 atom stereocenters. The number of halogens is 2. The molecule has 1 aliphatic carbocycles. The molecule has 0 aliphatic heterocycles. The quantitative estimate of drug-likeness (QED) is 0.124. The van der Waals surface area contributed by atoms with E-state index in [-0.39, 0.29) is 52.2 Å². The molecule has 0 unspecified atom stereocenters. The first-order chi connectivity index (χ1) is 17.1. The number of amidine groups is 1. The molecule has 0 spiro atoms. The van der Waals surface area contributed by atoms with Crippen LogP contribution in [0.4, 0.5) is 15.8 Å². The highest BCUT2D eigenvalue weighted by Gasteiger charge is 2.21. The molecule has 9 N–H and O–H groups in total. The Balaban J connectivity index is 1.67. The van der Waals surface area contributed by atoms with Crippen LogP contribution in [-0.2, 0) is 17.8 Å². The number of rotatable bonds is 7. The minimum atomic E-state index is -0.597. The molecular weight excluding hydrogens is 485 g/mol. The van der Waals surface area contributed by atoms with Gasteiger partial charge in [-0.1, -0.05) is 23.7 Å². The van der Waals surface area contributed by atoms with Gasteiger partial charge in [0.2, 0.25) is 5.91 Å². The van der Waals surface area contributed by atoms with Crippen molar-refractivity contribution in [3.8, 4) is 11.1 Å². The number of nitrogen functional groups attached to an aromatic ring is 3. The minimum Gasteiger partial charge on any atom is -0.427 e. The zero-order chi connectivity index (χ0) is 26.0. The van der Waals surface area contributed by atoms with Gasteiger partial charge in [0.1, 0.15) is 11.7 Å². The van der Waals surface area contributed by atoms with Crippen molar-refractivity contribution in [3.63, 3.8) is 0 Å². The van der Waals surface area contributed by atoms with Gasteiger partial charge in [-0.3, -0.25) is 15.2 Å². The summed E-state index contributed by atoms with van der Waals surface area (Å²) in [5.41, 5.74) is 19.9. The molecule has 1 saturated carbocycles. The summed E-state index contributed by atoms with van der Waals surface area (Å²) in [5.74, 6) is -1.33. The number of nitrogens with zero attached hydrogens (tertiary/aromatic N) is 2. The Hall–Kier alpha value is -4.05. The number of pyridine rings is 1. The van der Waals surface area contributed by atoms with Crippen molar-refractivity contribution in [1.82, 2.24) is 10.0 Å². The van der Waals surface area contributed by atoms with Crippen LogP contribution in [0.3, 0.4) is 0 Å². The maximum Gasteiger partial charge on any atom is 0.226 e. The van der Waals surface area contributed by atoms with Gasteiger partial charge in [0.25, 0.3) is 0 Å². The average Bonchev–Trinajstić information content (AvgIpc) is 2.77. The van der Waals surface area contributed by atoms with Gasteiger partial charge in [-0.15, -0.1) is 0 Å². The molecule has 4 rings (SSSR count). The fourth-order valence-electron chi connectivity index (χ4n) is 3.98. The Kier molecular flexibility index (Phi) is 7.16. The highest BCUT2D eigenvalue weighted by molar-refractivity contribution is 6.33. The summed E-state index contributed by atoms with van der Waals surface area (Å²) in [6.45, 7) is -0.102. The van der Waals surface area contributed by atoms with E-state index in [1.54, 1.807) is 24.3 Å². The predicted molar refractivity (Wildman–Crippen MR) is 137 cm³/mol. The molecule has 0 radical (unpaired) electrons. The van der Waals surface area contributed by atoms with Gasteiger partial charge >= 0.3 is 0 Å². The molecule has 2 aromatic carbocycles. The summed E-state index contributed by atoms with van der Waals surface area (Å²) in [4.78, 5) is 17.5. The molecule has 1 amide bonds. The van der Waals surface area contributed by atoms with Gasteiger partial charge in [0, 0.05) is 40.7 Å². The van der Waals surface area contributed by atoms with Crippen molar-refractivity contribution in [3.05, 3.63) is 75.6 Å². The summed E-state index contributed by atoms with van der Waals surface area (Å²) in [6.07, 6.45) is 2.61. The van der Waals surface area contributed by atoms with E-state index >= 15 is 0 Å². The SMILES string of the molecule is N=C(N)c1ccc(CNC(=O)Cc2c(-c3cc(N)cc(N)c3)c(Cl)cc(=NC3CCC3)n2O)c(F)c1. The van der Waals surface area contributed by atoms with Gasteiger partial charge in [-0.05, 0) is 49.1 Å². The second-order valence-electron chi connectivity index (χ2n) is 8.76. The molecule has 3 aromatic rings. The number of hydrogen-bond acceptors (Lipinski definition) is 6. The average molecular weight is 512 g/mol. The van der Waals surface area contributed by atoms with Crippen molar-refractivity contribution >= 4 is 34.7 Å². The van der Waals surface area contributed by atoms with E-state index in [4.69, 9.17) is 34.2 Å². The van der Waals surface area contributed by atoms with Crippen LogP contribution in [0.15, 0.2) is 47.5 Å². The lowest BCUT2D eigenvalue weighted by molar-refractivity contribution is -0.120. The number of carbonyl (C=O) groups excluding carboxylic acids is 1. The molecular formula is C25H27ClFN7O2. The van der Waals surface area contributed by atoms with E-state index in [0.29, 0.717) is 22.5 Å². The van der Waals surface area contributed by atoms with E-state index in [0.717, 1.165) is 30.1 Å². The molecule has 11 heteroatoms. The molecule has 1 heterocycles. The number of nitrogens with one attached hydrogen (secondary N) is 2. The van der Waals surface area contributed by atoms with Crippen LogP contribution in [0.25, 0.3) is 11.1 Å². The first kappa shape index (κ1) is 25.1. The van der Waals surface area contributed by atoms with Crippen LogP contribution in [0.1, 0.15) is 36.1 Å². The summed E-state index contributed by atoms with van der Waals surface area (Å²) in [5, 5.41) is 21.4. The van der Waals surface area contributed by atoms with Crippen molar-refractivity contribution in [1.29, 1.82) is 5.41 Å². The van der Waals surface area contributed by atoms with E-state index < -0.39 is 11.7 Å². The number of carbonyl (C=O) groups is 1. The van der Waals surface area contributed by atoms with E-state index in [9.17, 15) is 14.4 Å². The first-order valence-corrected chi connectivity index (χ1v) is 11.7. The molecule has 36 heavy (non-hydrogen) atoms. The molecule has 0 bridgehead atoms. The van der Waals surface area contributed by atoms with Gasteiger partial charge in [0.15, 0.2) is 5.49 Å². The summed E-state index contributed by atoms with van der Waals surface area (Å²) in [7, 11) is 0. The number of aromatic nitrogens is 1. The Morgan fingerprint density at radius 3 is 2.47 bits per heavy atom. The Morgan fingerprint density at radius 1 is 1.19 bits per heavy atom. The molecule has 1 aromatic heterocycles. The Bertz CT molecular complexity index is 1400. The lowest BCUT2D eigenvalue weighted by Gasteiger charge is -2.22. The largest absolute Gasteiger partial charge is 0.427 e. The lowest BCUT2D eigenvalue weighted by atomic mass is 9.94. The zero-order valence-corrected chi connectivity index (χ0v) is 20.1. The van der Waals surface area contributed by atoms with Crippen LogP contribution in [0.2, 0.25) is 5.02 Å². The van der Waals surface area contributed by atoms with Crippen LogP contribution in [-0.4, -0.2) is 27.7 Å². The number of anilines is 2. The summed E-state index contributed by atoms with van der Waals surface area (Å²) >= 11 is 6.63. The van der Waals surface area contributed by atoms with Crippen molar-refractivity contribution < 1.29 is 14.4 Å². The molecule has 1 fully saturated rings. The Labute approximate surface area is 211 Å². The normalized spacial score (nSPS) is 13.9. The van der Waals surface area contributed by atoms with Crippen LogP contribution < -0.4 is 28.0 Å². The van der Waals surface area contributed by atoms with E-state index in [1.807, 2.05) is 0 Å². The lowest BCUT2D eigenvalue weighted by Crippen LogP contribution is -2.31. The molecule has 1 aliphatic rings. The van der Waals surface area contributed by atoms with Gasteiger partial charge in [-0.2, -0.15) is 4.73 Å². The minimum absolute atomic E-state index is 0.0796. The number of amides is 1. The highest BCUT2D eigenvalue weighted by atomic mass is 35.5. The van der Waals surface area contributed by atoms with Crippen LogP contribution >= 0.6 is 11.6 Å². The van der Waals surface area contributed by atoms with E-state index in [1.165, 1.54) is 12.1 Å². The van der Waals surface area contributed by atoms with Crippen LogP contribution in [0, 0.1) is 11.2 Å². The third-order valence-corrected chi connectivity index (χ3v) is 6.38. The number of hydrogen-bond donors (Lipinski definition) is 6. The third-order valence-electron chi connectivity index (χ3n) is 6.08. The van der Waals surface area contributed by atoms with Crippen LogP contribution in [0.5, 0.6) is 0 Å². The third kappa shape index (κ3) is 5.44. The van der Waals surface area contributed by atoms with Crippen molar-refractivity contribution in [2.24, 2.45) is 10.7 Å². The number of nitrogens with two attached hydrogens (primary N) is 3. The van der Waals surface area contributed by atoms with Gasteiger partial charge < -0.3 is 27.7 Å². The van der Waals surface area contributed by atoms with Crippen molar-refractivity contribution in [2.45, 2.75) is 38.3 Å². The van der Waals surface area contributed by atoms with E-state index in [2.05, 4.69) is 10.3 Å². The molecule has 0 saturated heterocycles. The second-order valence-corrected chi connectivity index (χ2v) is 9.17. The predicted octanol–water partition coefficient (Wildman–Crippen LogP) is 2.95. The van der Waals surface area contributed by atoms with Crippen molar-refractivity contribution in [2.75, 3.05) is 11.5 Å².